The fourth-order valence-electron chi connectivity index (χ4n) is 4.64. The second-order valence-corrected chi connectivity index (χ2v) is 9.98. The van der Waals surface area contributed by atoms with E-state index in [1.54, 1.807) is 0 Å². The number of methoxy groups -OCH3 is 1. The largest absolute Gasteiger partial charge is 0.508 e. The van der Waals surface area contributed by atoms with Crippen LogP contribution in [0.4, 0.5) is 0 Å². The van der Waals surface area contributed by atoms with Gasteiger partial charge in [-0.05, 0) is 43.3 Å². The summed E-state index contributed by atoms with van der Waals surface area (Å²) in [4.78, 5) is 76.2. The summed E-state index contributed by atoms with van der Waals surface area (Å²) in [6.07, 6.45) is -4.91. The molecule has 4 unspecified atom stereocenters. The number of phenols is 2. The summed E-state index contributed by atoms with van der Waals surface area (Å²) >= 11 is 0. The second-order valence-electron chi connectivity index (χ2n) is 9.98. The first-order valence-corrected chi connectivity index (χ1v) is 13.5. The van der Waals surface area contributed by atoms with Gasteiger partial charge < -0.3 is 43.7 Å². The van der Waals surface area contributed by atoms with Crippen LogP contribution in [0.15, 0.2) is 64.5 Å². The Hall–Kier alpha value is -6.10. The lowest BCUT2D eigenvalue weighted by Crippen LogP contribution is -2.42. The summed E-state index contributed by atoms with van der Waals surface area (Å²) in [6, 6.07) is 6.62. The number of aromatic amines is 1. The molecule has 4 atom stereocenters. The minimum Gasteiger partial charge on any atom is -0.508 e. The Kier molecular flexibility index (Phi) is 9.99. The first-order valence-electron chi connectivity index (χ1n) is 13.5. The molecule has 0 bridgehead atoms. The van der Waals surface area contributed by atoms with E-state index in [0.29, 0.717) is 0 Å². The van der Waals surface area contributed by atoms with Crippen LogP contribution in [0.1, 0.15) is 39.4 Å². The number of hydrogen-bond acceptors (Lipinski definition) is 14. The molecule has 2 heterocycles. The van der Waals surface area contributed by atoms with E-state index in [-0.39, 0.29) is 28.2 Å². The van der Waals surface area contributed by atoms with Crippen LogP contribution in [-0.4, -0.2) is 80.8 Å². The molecule has 4 rings (SSSR count). The molecule has 0 saturated carbocycles. The zero-order valence-corrected chi connectivity index (χ0v) is 25.0. The van der Waals surface area contributed by atoms with E-state index >= 15 is 0 Å². The smallest absolute Gasteiger partial charge is 0.371 e. The van der Waals surface area contributed by atoms with E-state index < -0.39 is 83.5 Å². The van der Waals surface area contributed by atoms with Crippen molar-refractivity contribution in [1.82, 2.24) is 9.55 Å². The molecule has 0 spiro atoms. The first kappa shape index (κ1) is 33.8. The number of rotatable bonds is 11. The lowest BCUT2D eigenvalue weighted by Gasteiger charge is -2.25. The summed E-state index contributed by atoms with van der Waals surface area (Å²) in [5, 5.41) is 29.0. The van der Waals surface area contributed by atoms with E-state index in [1.165, 1.54) is 26.2 Å². The summed E-state index contributed by atoms with van der Waals surface area (Å²) in [5.41, 5.74) is -1.76. The zero-order chi connectivity index (χ0) is 34.6. The lowest BCUT2D eigenvalue weighted by molar-refractivity contribution is -0.156. The fourth-order valence-corrected chi connectivity index (χ4v) is 4.64. The molecule has 17 nitrogen and oxygen atoms in total. The number of carboxylic acid groups (broad SMARTS) is 1. The fraction of sp³-hybridized carbons (Fsp3) is 0.267. The molecule has 47 heavy (non-hydrogen) atoms. The van der Waals surface area contributed by atoms with Gasteiger partial charge in [-0.3, -0.25) is 19.1 Å². The topological polar surface area (TPSA) is 239 Å². The van der Waals surface area contributed by atoms with Crippen LogP contribution >= 0.6 is 0 Å². The van der Waals surface area contributed by atoms with E-state index in [0.717, 1.165) is 42.0 Å². The monoisotopic (exact) mass is 656 g/mol. The van der Waals surface area contributed by atoms with Crippen molar-refractivity contribution in [2.75, 3.05) is 13.7 Å². The van der Waals surface area contributed by atoms with Gasteiger partial charge in [0.15, 0.2) is 29.9 Å². The van der Waals surface area contributed by atoms with Crippen LogP contribution in [0, 0.1) is 6.92 Å². The molecule has 2 aromatic carbocycles. The molecule has 1 saturated heterocycles. The molecular weight excluding hydrogens is 628 g/mol. The second kappa shape index (κ2) is 13.9. The number of esters is 3. The standard InChI is InChI=1S/C30H28N2O15/c1-13-9-17(34)11-20(42-4)23(13)29(40)47-24-21(46-26(25(24)45-15(3)33)32-8-7-22(36)31-30(32)41)12-43-28(39)16-5-6-18(35)19(10-16)44-14(2)27(37)38/h5-11,21,24-26,34-35H,2,12H2,1,3-4H3,(H,37,38)(H,31,36,41). The third-order valence-electron chi connectivity index (χ3n) is 6.71. The number of carbonyl (C=O) groups is 4. The van der Waals surface area contributed by atoms with E-state index in [1.807, 2.05) is 4.98 Å². The van der Waals surface area contributed by atoms with Crippen LogP contribution in [0.2, 0.25) is 0 Å². The highest BCUT2D eigenvalue weighted by atomic mass is 16.7. The molecule has 0 amide bonds. The maximum absolute atomic E-state index is 13.5. The zero-order valence-electron chi connectivity index (χ0n) is 25.0. The number of carboxylic acids is 1. The highest BCUT2D eigenvalue weighted by molar-refractivity contribution is 5.95. The number of hydrogen-bond donors (Lipinski definition) is 4. The van der Waals surface area contributed by atoms with Gasteiger partial charge in [-0.2, -0.15) is 0 Å². The Balaban J connectivity index is 1.68. The number of aryl methyl sites for hydroxylation is 1. The minimum atomic E-state index is -1.54. The predicted octanol–water partition coefficient (Wildman–Crippen LogP) is 1.15. The molecule has 17 heteroatoms. The highest BCUT2D eigenvalue weighted by Gasteiger charge is 2.51. The quantitative estimate of drug-likeness (QED) is 0.0980. The van der Waals surface area contributed by atoms with Crippen molar-refractivity contribution in [3.8, 4) is 23.0 Å². The first-order chi connectivity index (χ1) is 22.2. The van der Waals surface area contributed by atoms with Crippen molar-refractivity contribution >= 4 is 23.9 Å². The van der Waals surface area contributed by atoms with Crippen molar-refractivity contribution in [1.29, 1.82) is 0 Å². The molecule has 0 radical (unpaired) electrons. The van der Waals surface area contributed by atoms with Gasteiger partial charge in [0.25, 0.3) is 5.56 Å². The predicted molar refractivity (Wildman–Crippen MR) is 155 cm³/mol. The molecule has 1 fully saturated rings. The maximum atomic E-state index is 13.5. The van der Waals surface area contributed by atoms with Crippen molar-refractivity contribution in [3.63, 3.8) is 0 Å². The van der Waals surface area contributed by atoms with E-state index in [4.69, 9.17) is 33.5 Å². The molecule has 248 valence electrons. The van der Waals surface area contributed by atoms with Gasteiger partial charge >= 0.3 is 29.6 Å². The van der Waals surface area contributed by atoms with Crippen LogP contribution in [0.3, 0.4) is 0 Å². The average molecular weight is 657 g/mol. The van der Waals surface area contributed by atoms with E-state index in [9.17, 15) is 39.0 Å². The van der Waals surface area contributed by atoms with Gasteiger partial charge in [-0.1, -0.05) is 0 Å². The lowest BCUT2D eigenvalue weighted by atomic mass is 10.1. The van der Waals surface area contributed by atoms with Gasteiger partial charge in [-0.15, -0.1) is 0 Å². The molecule has 0 aliphatic carbocycles. The van der Waals surface area contributed by atoms with Crippen LogP contribution in [0.5, 0.6) is 23.0 Å². The van der Waals surface area contributed by atoms with Gasteiger partial charge in [0.2, 0.25) is 5.76 Å². The highest BCUT2D eigenvalue weighted by Crippen LogP contribution is 2.36. The summed E-state index contributed by atoms with van der Waals surface area (Å²) in [5.74, 6) is -6.35. The maximum Gasteiger partial charge on any atom is 0.371 e. The Labute approximate surface area is 264 Å². The van der Waals surface area contributed by atoms with Crippen molar-refractivity contribution in [2.24, 2.45) is 0 Å². The van der Waals surface area contributed by atoms with Crippen molar-refractivity contribution in [2.45, 2.75) is 38.4 Å². The number of aromatic nitrogens is 2. The number of aromatic hydroxyl groups is 2. The van der Waals surface area contributed by atoms with Gasteiger partial charge in [0, 0.05) is 25.3 Å². The van der Waals surface area contributed by atoms with Crippen molar-refractivity contribution < 1.29 is 62.9 Å². The molecule has 3 aromatic rings. The van der Waals surface area contributed by atoms with Gasteiger partial charge in [-0.25, -0.2) is 19.2 Å². The number of H-pyrrole nitrogens is 1. The number of nitrogens with zero attached hydrogens (tertiary/aromatic N) is 1. The van der Waals surface area contributed by atoms with Crippen molar-refractivity contribution in [3.05, 3.63) is 92.5 Å². The van der Waals surface area contributed by atoms with Gasteiger partial charge in [0.1, 0.15) is 29.8 Å². The number of benzene rings is 2. The molecule has 1 aliphatic rings. The van der Waals surface area contributed by atoms with Crippen LogP contribution < -0.4 is 20.7 Å². The summed E-state index contributed by atoms with van der Waals surface area (Å²) in [6.45, 7) is 5.07. The average Bonchev–Trinajstić information content (AvgIpc) is 3.31. The molecular formula is C30H28N2O15. The minimum absolute atomic E-state index is 0.0530. The summed E-state index contributed by atoms with van der Waals surface area (Å²) in [7, 11) is 1.25. The van der Waals surface area contributed by atoms with E-state index in [2.05, 4.69) is 6.58 Å². The number of aliphatic carboxylic acids is 1. The Morgan fingerprint density at radius 3 is 2.36 bits per heavy atom. The number of ether oxygens (including phenoxy) is 6. The van der Waals surface area contributed by atoms with Gasteiger partial charge in [0.05, 0.1) is 12.7 Å². The third kappa shape index (κ3) is 7.59. The molecule has 4 N–H and O–H groups in total. The number of phenolic OH excluding ortho intramolecular Hbond substituents is 2. The number of carbonyl (C=O) groups excluding carboxylic acids is 3. The molecule has 1 aromatic heterocycles. The Bertz CT molecular complexity index is 1860. The Morgan fingerprint density at radius 1 is 1.00 bits per heavy atom. The SMILES string of the molecule is C=C(Oc1cc(C(=O)OCC2OC(n3ccc(=O)[nH]c3=O)C(OC(C)=O)C2OC(=O)c2c(C)cc(O)cc2OC)ccc1O)C(=O)O. The van der Waals surface area contributed by atoms with Crippen LogP contribution in [-0.2, 0) is 28.5 Å². The normalized spacial score (nSPS) is 18.5. The number of nitrogens with one attached hydrogen (secondary N) is 1. The summed E-state index contributed by atoms with van der Waals surface area (Å²) < 4.78 is 33.6. The van der Waals surface area contributed by atoms with Crippen LogP contribution in [0.25, 0.3) is 0 Å². The Morgan fingerprint density at radius 2 is 1.72 bits per heavy atom. The molecule has 1 aliphatic heterocycles. The third-order valence-corrected chi connectivity index (χ3v) is 6.71.